The van der Waals surface area contributed by atoms with Gasteiger partial charge in [-0.15, -0.1) is 0 Å². The average Bonchev–Trinajstić information content (AvgIpc) is 2.93. The first-order valence-electron chi connectivity index (χ1n) is 7.86. The van der Waals surface area contributed by atoms with Crippen molar-refractivity contribution in [1.82, 2.24) is 24.2 Å². The highest BCUT2D eigenvalue weighted by Gasteiger charge is 2.14. The van der Waals surface area contributed by atoms with Gasteiger partial charge in [0, 0.05) is 18.0 Å². The summed E-state index contributed by atoms with van der Waals surface area (Å²) in [5.41, 5.74) is 2.06. The van der Waals surface area contributed by atoms with Gasteiger partial charge in [0.25, 0.3) is 0 Å². The molecule has 0 aliphatic rings. The number of aromatic nitrogens is 4. The standard InChI is InChI=1S/C18H18N6S/c1-22(11-9-19)14-24-18(25)23(13-15-6-3-2-4-7-15)17(21-24)16-8-5-10-20-12-16/h2-8,10,12H,11,13-14H2,1H3. The zero-order chi connectivity index (χ0) is 17.6. The fourth-order valence-corrected chi connectivity index (χ4v) is 2.80. The van der Waals surface area contributed by atoms with Crippen LogP contribution in [0.1, 0.15) is 5.56 Å². The van der Waals surface area contributed by atoms with Crippen molar-refractivity contribution in [3.63, 3.8) is 0 Å². The van der Waals surface area contributed by atoms with Crippen molar-refractivity contribution < 1.29 is 0 Å². The molecule has 0 aliphatic heterocycles. The lowest BCUT2D eigenvalue weighted by Crippen LogP contribution is -2.23. The van der Waals surface area contributed by atoms with Gasteiger partial charge in [-0.05, 0) is 37.0 Å². The van der Waals surface area contributed by atoms with E-state index in [9.17, 15) is 0 Å². The SMILES string of the molecule is CN(CC#N)Cn1nc(-c2cccnc2)n(Cc2ccccc2)c1=S. The molecule has 0 spiro atoms. The molecule has 0 fully saturated rings. The Kier molecular flexibility index (Phi) is 5.33. The van der Waals surface area contributed by atoms with Crippen LogP contribution in [0.5, 0.6) is 0 Å². The molecule has 0 unspecified atom stereocenters. The van der Waals surface area contributed by atoms with Crippen LogP contribution >= 0.6 is 12.2 Å². The Morgan fingerprint density at radius 2 is 2.00 bits per heavy atom. The van der Waals surface area contributed by atoms with E-state index in [1.54, 1.807) is 17.1 Å². The molecule has 0 atom stereocenters. The second kappa shape index (κ2) is 7.83. The largest absolute Gasteiger partial charge is 0.295 e. The van der Waals surface area contributed by atoms with Gasteiger partial charge in [-0.25, -0.2) is 4.68 Å². The Morgan fingerprint density at radius 3 is 2.68 bits per heavy atom. The third kappa shape index (κ3) is 3.99. The second-order valence-corrected chi connectivity index (χ2v) is 6.10. The summed E-state index contributed by atoms with van der Waals surface area (Å²) < 4.78 is 4.37. The van der Waals surface area contributed by atoms with Crippen molar-refractivity contribution in [3.05, 3.63) is 65.2 Å². The molecule has 1 aromatic carbocycles. The highest BCUT2D eigenvalue weighted by atomic mass is 32.1. The van der Waals surface area contributed by atoms with Crippen molar-refractivity contribution in [3.8, 4) is 17.5 Å². The quantitative estimate of drug-likeness (QED) is 0.505. The molecule has 2 heterocycles. The van der Waals surface area contributed by atoms with E-state index in [0.717, 1.165) is 17.0 Å². The average molecular weight is 350 g/mol. The smallest absolute Gasteiger partial charge is 0.199 e. The highest BCUT2D eigenvalue weighted by Crippen LogP contribution is 2.19. The predicted octanol–water partition coefficient (Wildman–Crippen LogP) is 2.94. The molecule has 2 aromatic heterocycles. The summed E-state index contributed by atoms with van der Waals surface area (Å²) in [6.45, 7) is 1.41. The van der Waals surface area contributed by atoms with Crippen LogP contribution in [0.4, 0.5) is 0 Å². The van der Waals surface area contributed by atoms with Gasteiger partial charge in [0.15, 0.2) is 10.6 Å². The minimum absolute atomic E-state index is 0.315. The Bertz CT molecular complexity index is 924. The van der Waals surface area contributed by atoms with Crippen molar-refractivity contribution in [1.29, 1.82) is 5.26 Å². The van der Waals surface area contributed by atoms with E-state index in [-0.39, 0.29) is 0 Å². The van der Waals surface area contributed by atoms with Crippen molar-refractivity contribution in [2.75, 3.05) is 13.6 Å². The maximum atomic E-state index is 8.86. The first-order chi connectivity index (χ1) is 12.2. The monoisotopic (exact) mass is 350 g/mol. The topological polar surface area (TPSA) is 62.7 Å². The van der Waals surface area contributed by atoms with Gasteiger partial charge in [-0.2, -0.15) is 10.4 Å². The van der Waals surface area contributed by atoms with Crippen LogP contribution in [0.3, 0.4) is 0 Å². The molecule has 0 radical (unpaired) electrons. The van der Waals surface area contributed by atoms with E-state index in [4.69, 9.17) is 17.5 Å². The van der Waals surface area contributed by atoms with Crippen molar-refractivity contribution in [2.45, 2.75) is 13.2 Å². The van der Waals surface area contributed by atoms with E-state index in [1.807, 2.05) is 46.8 Å². The Hall–Kier alpha value is -2.82. The molecule has 0 saturated heterocycles. The molecule has 7 heteroatoms. The Balaban J connectivity index is 2.03. The predicted molar refractivity (Wildman–Crippen MR) is 98.1 cm³/mol. The van der Waals surface area contributed by atoms with Crippen LogP contribution in [0.2, 0.25) is 0 Å². The number of pyridine rings is 1. The fraction of sp³-hybridized carbons (Fsp3) is 0.222. The van der Waals surface area contributed by atoms with Gasteiger partial charge in [0.2, 0.25) is 0 Å². The summed E-state index contributed by atoms with van der Waals surface area (Å²) >= 11 is 5.65. The molecule has 126 valence electrons. The van der Waals surface area contributed by atoms with Crippen molar-refractivity contribution in [2.24, 2.45) is 0 Å². The minimum atomic E-state index is 0.315. The lowest BCUT2D eigenvalue weighted by molar-refractivity contribution is 0.279. The van der Waals surface area contributed by atoms with E-state index in [2.05, 4.69) is 28.3 Å². The van der Waals surface area contributed by atoms with Crippen molar-refractivity contribution >= 4 is 12.2 Å². The molecule has 0 bridgehead atoms. The van der Waals surface area contributed by atoms with Crippen LogP contribution in [0.15, 0.2) is 54.9 Å². The third-order valence-corrected chi connectivity index (χ3v) is 4.17. The molecule has 6 nitrogen and oxygen atoms in total. The summed E-state index contributed by atoms with van der Waals surface area (Å²) in [4.78, 5) is 6.05. The molecular weight excluding hydrogens is 332 g/mol. The van der Waals surface area contributed by atoms with Crippen LogP contribution in [0, 0.1) is 16.1 Å². The highest BCUT2D eigenvalue weighted by molar-refractivity contribution is 7.71. The minimum Gasteiger partial charge on any atom is -0.295 e. The first-order valence-corrected chi connectivity index (χ1v) is 8.27. The molecule has 25 heavy (non-hydrogen) atoms. The fourth-order valence-electron chi connectivity index (χ4n) is 2.55. The molecule has 3 aromatic rings. The van der Waals surface area contributed by atoms with Gasteiger partial charge < -0.3 is 0 Å². The number of hydrogen-bond acceptors (Lipinski definition) is 5. The van der Waals surface area contributed by atoms with Gasteiger partial charge in [-0.3, -0.25) is 14.5 Å². The summed E-state index contributed by atoms with van der Waals surface area (Å²) in [7, 11) is 1.87. The summed E-state index contributed by atoms with van der Waals surface area (Å²) in [5.74, 6) is 0.771. The van der Waals surface area contributed by atoms with E-state index < -0.39 is 0 Å². The van der Waals surface area contributed by atoms with E-state index >= 15 is 0 Å². The maximum Gasteiger partial charge on any atom is 0.199 e. The van der Waals surface area contributed by atoms with Gasteiger partial charge in [0.05, 0.1) is 25.8 Å². The van der Waals surface area contributed by atoms with Crippen LogP contribution in [-0.4, -0.2) is 37.8 Å². The molecule has 3 rings (SSSR count). The summed E-state index contributed by atoms with van der Waals surface area (Å²) in [6, 6.07) is 16.1. The number of benzene rings is 1. The number of rotatable bonds is 6. The van der Waals surface area contributed by atoms with Crippen LogP contribution < -0.4 is 0 Å². The Morgan fingerprint density at radius 1 is 1.20 bits per heavy atom. The van der Waals surface area contributed by atoms with Gasteiger partial charge >= 0.3 is 0 Å². The third-order valence-electron chi connectivity index (χ3n) is 3.74. The Labute approximate surface area is 151 Å². The number of nitrogens with zero attached hydrogens (tertiary/aromatic N) is 6. The van der Waals surface area contributed by atoms with E-state index in [1.165, 1.54) is 0 Å². The first kappa shape index (κ1) is 17.0. The molecule has 0 amide bonds. The second-order valence-electron chi connectivity index (χ2n) is 5.73. The van der Waals surface area contributed by atoms with Gasteiger partial charge in [-0.1, -0.05) is 30.3 Å². The summed E-state index contributed by atoms with van der Waals surface area (Å²) in [5, 5.41) is 13.5. The van der Waals surface area contributed by atoms with Crippen LogP contribution in [-0.2, 0) is 13.2 Å². The maximum absolute atomic E-state index is 8.86. The molecule has 0 N–H and O–H groups in total. The normalized spacial score (nSPS) is 10.8. The van der Waals surface area contributed by atoms with Gasteiger partial charge in [0.1, 0.15) is 0 Å². The zero-order valence-corrected chi connectivity index (χ0v) is 14.7. The zero-order valence-electron chi connectivity index (χ0n) is 13.9. The lowest BCUT2D eigenvalue weighted by Gasteiger charge is -2.11. The van der Waals surface area contributed by atoms with Crippen LogP contribution in [0.25, 0.3) is 11.4 Å². The lowest BCUT2D eigenvalue weighted by atomic mass is 10.2. The number of hydrogen-bond donors (Lipinski definition) is 0. The molecular formula is C18H18N6S. The number of nitriles is 1. The molecule has 0 saturated carbocycles. The van der Waals surface area contributed by atoms with E-state index in [0.29, 0.717) is 24.5 Å². The summed E-state index contributed by atoms with van der Waals surface area (Å²) in [6.07, 6.45) is 3.51. The molecule has 0 aliphatic carbocycles.